The molecule has 0 aliphatic carbocycles. The Morgan fingerprint density at radius 3 is 2.37 bits per heavy atom. The first-order valence-electron chi connectivity index (χ1n) is 6.62. The molecule has 0 aliphatic rings. The molecule has 4 N–H and O–H groups in total. The van der Waals surface area contributed by atoms with Crippen molar-refractivity contribution in [1.82, 2.24) is 5.32 Å². The number of anilines is 1. The topological polar surface area (TPSA) is 67.2 Å². The van der Waals surface area contributed by atoms with E-state index in [9.17, 15) is 4.79 Å². The fraction of sp³-hybridized carbons (Fsp3) is 0.467. The zero-order valence-corrected chi connectivity index (χ0v) is 11.9. The van der Waals surface area contributed by atoms with Crippen LogP contribution in [0.25, 0.3) is 0 Å². The largest absolute Gasteiger partial charge is 0.326 e. The van der Waals surface area contributed by atoms with Crippen LogP contribution in [0.1, 0.15) is 26.3 Å². The molecule has 0 fully saturated rings. The van der Waals surface area contributed by atoms with Crippen molar-refractivity contribution in [3.8, 4) is 0 Å². The zero-order valence-electron chi connectivity index (χ0n) is 11.9. The molecule has 0 saturated heterocycles. The standard InChI is InChI=1S/C15H24N3O/c1-10(2)14(16)9-17-12(4)15(19)18-13-7-5-11(3)6-8-13/h5-8,10,12,14,17H,3,9,16H2,1-2,4H3,(H,18,19)/t12-,14+/m0/s1. The van der Waals surface area contributed by atoms with E-state index >= 15 is 0 Å². The molecule has 0 aliphatic heterocycles. The molecule has 105 valence electrons. The van der Waals surface area contributed by atoms with Gasteiger partial charge in [0, 0.05) is 18.3 Å². The van der Waals surface area contributed by atoms with Gasteiger partial charge in [0.2, 0.25) is 5.91 Å². The highest BCUT2D eigenvalue weighted by atomic mass is 16.2. The summed E-state index contributed by atoms with van der Waals surface area (Å²) in [7, 11) is 0. The summed E-state index contributed by atoms with van der Waals surface area (Å²) in [4.78, 5) is 11.9. The van der Waals surface area contributed by atoms with E-state index < -0.39 is 0 Å². The number of nitrogens with two attached hydrogens (primary N) is 1. The van der Waals surface area contributed by atoms with Crippen LogP contribution < -0.4 is 16.4 Å². The highest BCUT2D eigenvalue weighted by Crippen LogP contribution is 2.08. The summed E-state index contributed by atoms with van der Waals surface area (Å²) in [6.07, 6.45) is 0. The molecule has 1 radical (unpaired) electrons. The van der Waals surface area contributed by atoms with Crippen LogP contribution in [0.5, 0.6) is 0 Å². The van der Waals surface area contributed by atoms with Gasteiger partial charge in [-0.05, 0) is 37.5 Å². The summed E-state index contributed by atoms with van der Waals surface area (Å²) >= 11 is 0. The van der Waals surface area contributed by atoms with Gasteiger partial charge in [0.05, 0.1) is 6.04 Å². The Balaban J connectivity index is 2.42. The second-order valence-electron chi connectivity index (χ2n) is 5.22. The van der Waals surface area contributed by atoms with E-state index in [1.165, 1.54) is 0 Å². The first-order chi connectivity index (χ1) is 8.90. The van der Waals surface area contributed by atoms with E-state index in [0.29, 0.717) is 12.5 Å². The summed E-state index contributed by atoms with van der Waals surface area (Å²) in [5.41, 5.74) is 7.63. The van der Waals surface area contributed by atoms with Crippen LogP contribution in [0.15, 0.2) is 24.3 Å². The summed E-state index contributed by atoms with van der Waals surface area (Å²) in [6.45, 7) is 10.4. The van der Waals surface area contributed by atoms with Gasteiger partial charge in [-0.3, -0.25) is 4.79 Å². The third-order valence-electron chi connectivity index (χ3n) is 3.13. The van der Waals surface area contributed by atoms with Crippen molar-refractivity contribution in [1.29, 1.82) is 0 Å². The molecule has 19 heavy (non-hydrogen) atoms. The Labute approximate surface area is 115 Å². The van der Waals surface area contributed by atoms with Gasteiger partial charge in [0.25, 0.3) is 0 Å². The van der Waals surface area contributed by atoms with Crippen molar-refractivity contribution in [2.24, 2.45) is 11.7 Å². The lowest BCUT2D eigenvalue weighted by Gasteiger charge is -2.19. The van der Waals surface area contributed by atoms with Gasteiger partial charge in [-0.25, -0.2) is 0 Å². The van der Waals surface area contributed by atoms with Crippen LogP contribution in [0.2, 0.25) is 0 Å². The van der Waals surface area contributed by atoms with Gasteiger partial charge < -0.3 is 16.4 Å². The molecular formula is C15H24N3O. The Hall–Kier alpha value is -1.39. The zero-order chi connectivity index (χ0) is 14.4. The lowest BCUT2D eigenvalue weighted by atomic mass is 10.1. The number of rotatable bonds is 6. The van der Waals surface area contributed by atoms with Gasteiger partial charge in [0.15, 0.2) is 0 Å². The van der Waals surface area contributed by atoms with Crippen molar-refractivity contribution in [2.45, 2.75) is 32.9 Å². The summed E-state index contributed by atoms with van der Waals surface area (Å²) in [5, 5.41) is 6.00. The van der Waals surface area contributed by atoms with Crippen LogP contribution in [0, 0.1) is 12.8 Å². The Bertz CT molecular complexity index is 400. The molecule has 4 heteroatoms. The molecule has 0 heterocycles. The second kappa shape index (κ2) is 7.26. The van der Waals surface area contributed by atoms with E-state index in [4.69, 9.17) is 5.73 Å². The quantitative estimate of drug-likeness (QED) is 0.732. The van der Waals surface area contributed by atoms with Crippen LogP contribution in [0.4, 0.5) is 5.69 Å². The smallest absolute Gasteiger partial charge is 0.241 e. The number of hydrogen-bond donors (Lipinski definition) is 3. The monoisotopic (exact) mass is 262 g/mol. The predicted molar refractivity (Wildman–Crippen MR) is 79.8 cm³/mol. The molecule has 1 rings (SSSR count). The number of carbonyl (C=O) groups excluding carboxylic acids is 1. The highest BCUT2D eigenvalue weighted by molar-refractivity contribution is 5.94. The van der Waals surface area contributed by atoms with E-state index in [-0.39, 0.29) is 18.0 Å². The summed E-state index contributed by atoms with van der Waals surface area (Å²) < 4.78 is 0. The molecule has 0 spiro atoms. The normalized spacial score (nSPS) is 14.2. The predicted octanol–water partition coefficient (Wildman–Crippen LogP) is 1.77. The SMILES string of the molecule is [CH2]c1ccc(NC(=O)[C@H](C)NC[C@@H](N)C(C)C)cc1. The molecule has 2 atom stereocenters. The van der Waals surface area contributed by atoms with Gasteiger partial charge in [-0.15, -0.1) is 0 Å². The maximum absolute atomic E-state index is 11.9. The molecule has 1 amide bonds. The fourth-order valence-corrected chi connectivity index (χ4v) is 1.48. The van der Waals surface area contributed by atoms with Crippen molar-refractivity contribution in [3.63, 3.8) is 0 Å². The third-order valence-corrected chi connectivity index (χ3v) is 3.13. The van der Waals surface area contributed by atoms with Gasteiger partial charge in [-0.1, -0.05) is 26.0 Å². The maximum atomic E-state index is 11.9. The minimum Gasteiger partial charge on any atom is -0.326 e. The van der Waals surface area contributed by atoms with Gasteiger partial charge in [-0.2, -0.15) is 0 Å². The molecule has 0 saturated carbocycles. The first kappa shape index (κ1) is 15.7. The van der Waals surface area contributed by atoms with Crippen molar-refractivity contribution >= 4 is 11.6 Å². The molecule has 0 unspecified atom stereocenters. The first-order valence-corrected chi connectivity index (χ1v) is 6.62. The van der Waals surface area contributed by atoms with Gasteiger partial charge in [0.1, 0.15) is 0 Å². The molecule has 0 bridgehead atoms. The van der Waals surface area contributed by atoms with Crippen molar-refractivity contribution in [3.05, 3.63) is 36.8 Å². The average molecular weight is 262 g/mol. The fourth-order valence-electron chi connectivity index (χ4n) is 1.48. The van der Waals surface area contributed by atoms with E-state index in [1.807, 2.05) is 31.2 Å². The molecule has 1 aromatic carbocycles. The van der Waals surface area contributed by atoms with E-state index in [0.717, 1.165) is 11.3 Å². The highest BCUT2D eigenvalue weighted by Gasteiger charge is 2.15. The number of carbonyl (C=O) groups is 1. The maximum Gasteiger partial charge on any atom is 0.241 e. The summed E-state index contributed by atoms with van der Waals surface area (Å²) in [5.74, 6) is 0.333. The lowest BCUT2D eigenvalue weighted by molar-refractivity contribution is -0.117. The summed E-state index contributed by atoms with van der Waals surface area (Å²) in [6, 6.07) is 7.19. The molecular weight excluding hydrogens is 238 g/mol. The Morgan fingerprint density at radius 1 is 1.26 bits per heavy atom. The number of benzene rings is 1. The minimum atomic E-state index is -0.274. The van der Waals surface area contributed by atoms with Crippen molar-refractivity contribution in [2.75, 3.05) is 11.9 Å². The van der Waals surface area contributed by atoms with Crippen LogP contribution in [-0.2, 0) is 4.79 Å². The van der Waals surface area contributed by atoms with Crippen LogP contribution >= 0.6 is 0 Å². The molecule has 0 aromatic heterocycles. The number of hydrogen-bond acceptors (Lipinski definition) is 3. The van der Waals surface area contributed by atoms with Gasteiger partial charge >= 0.3 is 0 Å². The number of nitrogens with one attached hydrogen (secondary N) is 2. The van der Waals surface area contributed by atoms with E-state index in [2.05, 4.69) is 31.4 Å². The average Bonchev–Trinajstić information content (AvgIpc) is 2.37. The lowest BCUT2D eigenvalue weighted by Crippen LogP contribution is -2.45. The third kappa shape index (κ3) is 5.41. The van der Waals surface area contributed by atoms with Crippen LogP contribution in [-0.4, -0.2) is 24.5 Å². The molecule has 4 nitrogen and oxygen atoms in total. The Kier molecular flexibility index (Phi) is 5.99. The second-order valence-corrected chi connectivity index (χ2v) is 5.22. The van der Waals surface area contributed by atoms with Crippen molar-refractivity contribution < 1.29 is 4.79 Å². The van der Waals surface area contributed by atoms with Crippen LogP contribution in [0.3, 0.4) is 0 Å². The minimum absolute atomic E-state index is 0.0562. The van der Waals surface area contributed by atoms with E-state index in [1.54, 1.807) is 0 Å². The number of amides is 1. The Morgan fingerprint density at radius 2 is 1.84 bits per heavy atom. The molecule has 1 aromatic rings.